The molecule has 1 saturated heterocycles. The molecule has 132 valence electrons. The van der Waals surface area contributed by atoms with E-state index < -0.39 is 0 Å². The fourth-order valence-corrected chi connectivity index (χ4v) is 4.78. The van der Waals surface area contributed by atoms with Crippen molar-refractivity contribution in [2.75, 3.05) is 25.0 Å². The molecule has 1 fully saturated rings. The van der Waals surface area contributed by atoms with E-state index in [1.54, 1.807) is 11.3 Å². The predicted molar refractivity (Wildman–Crippen MR) is 103 cm³/mol. The second-order valence-corrected chi connectivity index (χ2v) is 8.42. The number of fused-ring (bicyclic) bond motifs is 1. The molecular weight excluding hydrogens is 330 g/mol. The largest absolute Gasteiger partial charge is 0.385 e. The third kappa shape index (κ3) is 3.56. The van der Waals surface area contributed by atoms with Gasteiger partial charge in [-0.3, -0.25) is 4.79 Å². The summed E-state index contributed by atoms with van der Waals surface area (Å²) < 4.78 is 0. The highest BCUT2D eigenvalue weighted by Gasteiger charge is 2.27. The third-order valence-electron chi connectivity index (χ3n) is 5.24. The van der Waals surface area contributed by atoms with Crippen LogP contribution in [0, 0.1) is 6.92 Å². The summed E-state index contributed by atoms with van der Waals surface area (Å²) in [4.78, 5) is 20.9. The third-order valence-corrected chi connectivity index (χ3v) is 6.31. The molecule has 0 saturated carbocycles. The van der Waals surface area contributed by atoms with E-state index in [4.69, 9.17) is 0 Å². The number of thiazole rings is 1. The Hall–Kier alpha value is -1.88. The maximum atomic E-state index is 13.0. The highest BCUT2D eigenvalue weighted by Crippen LogP contribution is 2.31. The lowest BCUT2D eigenvalue weighted by molar-refractivity contribution is 0.0707. The molecule has 1 N–H and O–H groups in total. The van der Waals surface area contributed by atoms with Crippen molar-refractivity contribution in [3.8, 4) is 0 Å². The average Bonchev–Trinajstić information content (AvgIpc) is 2.94. The van der Waals surface area contributed by atoms with Crippen LogP contribution in [0.15, 0.2) is 24.4 Å². The standard InChI is InChI=1S/C20H25N3OS/c1-14-12-22-19(25-14)17-6-4-10-23(13-17)20(24)16-7-8-18-15(11-16)5-2-3-9-21-18/h7-8,11-12,17,21H,2-6,9-10,13H2,1H3. The van der Waals surface area contributed by atoms with Crippen LogP contribution in [0.2, 0.25) is 0 Å². The maximum Gasteiger partial charge on any atom is 0.253 e. The molecule has 5 heteroatoms. The first-order valence-corrected chi connectivity index (χ1v) is 10.1. The number of benzene rings is 1. The number of aromatic nitrogens is 1. The monoisotopic (exact) mass is 355 g/mol. The Morgan fingerprint density at radius 2 is 2.24 bits per heavy atom. The van der Waals surface area contributed by atoms with Gasteiger partial charge >= 0.3 is 0 Å². The van der Waals surface area contributed by atoms with Crippen LogP contribution in [0.4, 0.5) is 5.69 Å². The van der Waals surface area contributed by atoms with Crippen LogP contribution in [0.1, 0.15) is 57.4 Å². The van der Waals surface area contributed by atoms with Crippen molar-refractivity contribution in [1.29, 1.82) is 0 Å². The molecule has 1 amide bonds. The number of likely N-dealkylation sites (tertiary alicyclic amines) is 1. The van der Waals surface area contributed by atoms with Crippen molar-refractivity contribution in [3.63, 3.8) is 0 Å². The molecule has 25 heavy (non-hydrogen) atoms. The summed E-state index contributed by atoms with van der Waals surface area (Å²) in [5, 5.41) is 4.65. The van der Waals surface area contributed by atoms with Gasteiger partial charge in [0.15, 0.2) is 0 Å². The molecule has 2 aliphatic rings. The van der Waals surface area contributed by atoms with Gasteiger partial charge in [-0.05, 0) is 62.8 Å². The number of carbonyl (C=O) groups is 1. The molecule has 1 aromatic heterocycles. The van der Waals surface area contributed by atoms with E-state index in [1.807, 2.05) is 17.2 Å². The summed E-state index contributed by atoms with van der Waals surface area (Å²) in [5.41, 5.74) is 3.31. The van der Waals surface area contributed by atoms with Gasteiger partial charge in [-0.15, -0.1) is 11.3 Å². The molecule has 0 bridgehead atoms. The minimum absolute atomic E-state index is 0.171. The highest BCUT2D eigenvalue weighted by molar-refractivity contribution is 7.11. The molecule has 1 aromatic carbocycles. The number of nitrogens with zero attached hydrogens (tertiary/aromatic N) is 2. The zero-order valence-electron chi connectivity index (χ0n) is 14.8. The number of piperidine rings is 1. The molecule has 1 unspecified atom stereocenters. The van der Waals surface area contributed by atoms with Crippen molar-refractivity contribution in [1.82, 2.24) is 9.88 Å². The SMILES string of the molecule is Cc1cnc(C2CCCN(C(=O)c3ccc4c(c3)CCCCN4)C2)s1. The molecule has 3 heterocycles. The lowest BCUT2D eigenvalue weighted by atomic mass is 9.97. The van der Waals surface area contributed by atoms with Gasteiger partial charge in [-0.1, -0.05) is 0 Å². The number of amides is 1. The fourth-order valence-electron chi connectivity index (χ4n) is 3.88. The molecule has 4 nitrogen and oxygen atoms in total. The number of hydrogen-bond donors (Lipinski definition) is 1. The quantitative estimate of drug-likeness (QED) is 0.877. The number of rotatable bonds is 2. The van der Waals surface area contributed by atoms with Crippen LogP contribution in [0.5, 0.6) is 0 Å². The van der Waals surface area contributed by atoms with Gasteiger partial charge < -0.3 is 10.2 Å². The number of nitrogens with one attached hydrogen (secondary N) is 1. The molecular formula is C20H25N3OS. The Labute approximate surface area is 153 Å². The Bertz CT molecular complexity index is 770. The molecule has 0 spiro atoms. The number of carbonyl (C=O) groups excluding carboxylic acids is 1. The lowest BCUT2D eigenvalue weighted by Gasteiger charge is -2.32. The summed E-state index contributed by atoms with van der Waals surface area (Å²) in [6.07, 6.45) is 7.57. The van der Waals surface area contributed by atoms with Crippen molar-refractivity contribution < 1.29 is 4.79 Å². The van der Waals surface area contributed by atoms with E-state index in [1.165, 1.54) is 34.0 Å². The number of aryl methyl sites for hydroxylation is 2. The van der Waals surface area contributed by atoms with E-state index in [9.17, 15) is 4.79 Å². The summed E-state index contributed by atoms with van der Waals surface area (Å²) in [6.45, 7) is 4.77. The first-order valence-electron chi connectivity index (χ1n) is 9.29. The van der Waals surface area contributed by atoms with Crippen LogP contribution < -0.4 is 5.32 Å². The van der Waals surface area contributed by atoms with Crippen LogP contribution in [-0.4, -0.2) is 35.4 Å². The van der Waals surface area contributed by atoms with Gasteiger partial charge in [0.05, 0.1) is 5.01 Å². The van der Waals surface area contributed by atoms with Crippen molar-refractivity contribution >= 4 is 22.9 Å². The van der Waals surface area contributed by atoms with Crippen molar-refractivity contribution in [2.24, 2.45) is 0 Å². The van der Waals surface area contributed by atoms with Crippen LogP contribution >= 0.6 is 11.3 Å². The Morgan fingerprint density at radius 3 is 3.08 bits per heavy atom. The molecule has 1 atom stereocenters. The zero-order valence-corrected chi connectivity index (χ0v) is 15.6. The second kappa shape index (κ2) is 7.16. The van der Waals surface area contributed by atoms with Crippen LogP contribution in [0.3, 0.4) is 0 Å². The zero-order chi connectivity index (χ0) is 17.2. The van der Waals surface area contributed by atoms with Gasteiger partial charge in [0.1, 0.15) is 0 Å². The Morgan fingerprint density at radius 1 is 1.32 bits per heavy atom. The van der Waals surface area contributed by atoms with Gasteiger partial charge in [-0.2, -0.15) is 0 Å². The predicted octanol–water partition coefficient (Wildman–Crippen LogP) is 4.22. The van der Waals surface area contributed by atoms with Gasteiger partial charge in [0, 0.05) is 47.9 Å². The van der Waals surface area contributed by atoms with Gasteiger partial charge in [0.25, 0.3) is 5.91 Å². The second-order valence-electron chi connectivity index (χ2n) is 7.16. The average molecular weight is 356 g/mol. The van der Waals surface area contributed by atoms with E-state index >= 15 is 0 Å². The van der Waals surface area contributed by atoms with Crippen LogP contribution in [0.25, 0.3) is 0 Å². The summed E-state index contributed by atoms with van der Waals surface area (Å²) in [6, 6.07) is 6.17. The van der Waals surface area contributed by atoms with Gasteiger partial charge in [0.2, 0.25) is 0 Å². The highest BCUT2D eigenvalue weighted by atomic mass is 32.1. The maximum absolute atomic E-state index is 13.0. The molecule has 0 aliphatic carbocycles. The molecule has 0 radical (unpaired) electrons. The van der Waals surface area contributed by atoms with Crippen molar-refractivity contribution in [2.45, 2.75) is 44.9 Å². The molecule has 2 aromatic rings. The minimum atomic E-state index is 0.171. The van der Waals surface area contributed by atoms with E-state index in [0.717, 1.165) is 44.5 Å². The van der Waals surface area contributed by atoms with Crippen LogP contribution in [-0.2, 0) is 6.42 Å². The molecule has 4 rings (SSSR count). The Kier molecular flexibility index (Phi) is 4.75. The summed E-state index contributed by atoms with van der Waals surface area (Å²) in [7, 11) is 0. The van der Waals surface area contributed by atoms with E-state index in [0.29, 0.717) is 5.92 Å². The first kappa shape index (κ1) is 16.6. The van der Waals surface area contributed by atoms with Crippen molar-refractivity contribution in [3.05, 3.63) is 45.4 Å². The fraction of sp³-hybridized carbons (Fsp3) is 0.500. The molecule has 2 aliphatic heterocycles. The first-order chi connectivity index (χ1) is 12.2. The normalized spacial score (nSPS) is 20.5. The summed E-state index contributed by atoms with van der Waals surface area (Å²) in [5.74, 6) is 0.559. The topological polar surface area (TPSA) is 45.2 Å². The summed E-state index contributed by atoms with van der Waals surface area (Å²) >= 11 is 1.77. The Balaban J connectivity index is 1.51. The van der Waals surface area contributed by atoms with Gasteiger partial charge in [-0.25, -0.2) is 4.98 Å². The minimum Gasteiger partial charge on any atom is -0.385 e. The van der Waals surface area contributed by atoms with E-state index in [-0.39, 0.29) is 5.91 Å². The lowest BCUT2D eigenvalue weighted by Crippen LogP contribution is -2.39. The van der Waals surface area contributed by atoms with E-state index in [2.05, 4.69) is 29.4 Å². The number of hydrogen-bond acceptors (Lipinski definition) is 4. The number of anilines is 1. The smallest absolute Gasteiger partial charge is 0.253 e.